The van der Waals surface area contributed by atoms with Gasteiger partial charge < -0.3 is 9.80 Å². The quantitative estimate of drug-likeness (QED) is 0.720. The molecule has 0 saturated carbocycles. The second-order valence-electron chi connectivity index (χ2n) is 8.23. The fraction of sp³-hybridized carbons (Fsp3) is 0.455. The van der Waals surface area contributed by atoms with Crippen LogP contribution in [-0.2, 0) is 9.63 Å². The molecule has 0 aliphatic carbocycles. The average molecular weight is 445 g/mol. The zero-order valence-corrected chi connectivity index (χ0v) is 18.0. The van der Waals surface area contributed by atoms with Crippen molar-refractivity contribution in [3.63, 3.8) is 0 Å². The zero-order valence-electron chi connectivity index (χ0n) is 18.0. The van der Waals surface area contributed by atoms with E-state index in [0.29, 0.717) is 56.0 Å². The Morgan fingerprint density at radius 2 is 1.72 bits per heavy atom. The normalized spacial score (nSPS) is 19.3. The van der Waals surface area contributed by atoms with Crippen LogP contribution in [0.3, 0.4) is 0 Å². The molecule has 4 rings (SSSR count). The van der Waals surface area contributed by atoms with Crippen molar-refractivity contribution in [2.45, 2.75) is 25.3 Å². The van der Waals surface area contributed by atoms with Gasteiger partial charge in [0.1, 0.15) is 29.5 Å². The minimum Gasteiger partial charge on any atom is -0.356 e. The van der Waals surface area contributed by atoms with Crippen molar-refractivity contribution in [2.24, 2.45) is 5.92 Å². The van der Waals surface area contributed by atoms with Crippen LogP contribution in [0.1, 0.15) is 41.4 Å². The molecule has 2 aliphatic rings. The molecule has 0 radical (unpaired) electrons. The molecule has 1 atom stereocenters. The molecule has 2 saturated heterocycles. The number of carbonyl (C=O) groups excluding carboxylic acids is 2. The van der Waals surface area contributed by atoms with Crippen LogP contribution in [0.4, 0.5) is 14.6 Å². The van der Waals surface area contributed by atoms with Gasteiger partial charge in [0.2, 0.25) is 5.91 Å². The van der Waals surface area contributed by atoms with E-state index >= 15 is 0 Å². The number of hydrogen-bond acceptors (Lipinski definition) is 6. The maximum absolute atomic E-state index is 13.7. The lowest BCUT2D eigenvalue weighted by Gasteiger charge is -2.34. The molecular weight excluding hydrogens is 420 g/mol. The first-order valence-corrected chi connectivity index (χ1v) is 10.5. The molecule has 2 aromatic rings. The molecule has 3 heterocycles. The predicted molar refractivity (Wildman–Crippen MR) is 112 cm³/mol. The van der Waals surface area contributed by atoms with Crippen molar-refractivity contribution >= 4 is 17.6 Å². The Bertz CT molecular complexity index is 991. The Labute approximate surface area is 184 Å². The van der Waals surface area contributed by atoms with Gasteiger partial charge in [0.05, 0.1) is 12.6 Å². The van der Waals surface area contributed by atoms with E-state index in [4.69, 9.17) is 4.84 Å². The zero-order chi connectivity index (χ0) is 22.8. The van der Waals surface area contributed by atoms with Crippen LogP contribution in [0.2, 0.25) is 0 Å². The summed E-state index contributed by atoms with van der Waals surface area (Å²) in [4.78, 5) is 42.6. The second kappa shape index (κ2) is 9.15. The molecule has 0 N–H and O–H groups in total. The van der Waals surface area contributed by atoms with Gasteiger partial charge in [0, 0.05) is 51.7 Å². The highest BCUT2D eigenvalue weighted by molar-refractivity contribution is 5.92. The first-order valence-electron chi connectivity index (χ1n) is 10.5. The smallest absolute Gasteiger partial charge is 0.272 e. The average Bonchev–Trinajstić information content (AvgIpc) is 3.27. The molecule has 32 heavy (non-hydrogen) atoms. The summed E-state index contributed by atoms with van der Waals surface area (Å²) in [6, 6.07) is 4.45. The van der Waals surface area contributed by atoms with Crippen LogP contribution < -0.4 is 4.90 Å². The van der Waals surface area contributed by atoms with Crippen molar-refractivity contribution < 1.29 is 23.2 Å². The maximum atomic E-state index is 13.7. The van der Waals surface area contributed by atoms with Gasteiger partial charge in [-0.2, -0.15) is 0 Å². The summed E-state index contributed by atoms with van der Waals surface area (Å²) in [6.07, 6.45) is 3.00. The van der Waals surface area contributed by atoms with E-state index in [1.54, 1.807) is 20.2 Å². The topological polar surface area (TPSA) is 78.9 Å². The highest BCUT2D eigenvalue weighted by atomic mass is 19.1. The number of anilines is 1. The van der Waals surface area contributed by atoms with Crippen LogP contribution in [0.5, 0.6) is 0 Å². The summed E-state index contributed by atoms with van der Waals surface area (Å²) < 4.78 is 27.3. The molecule has 1 aromatic heterocycles. The molecule has 170 valence electrons. The van der Waals surface area contributed by atoms with Gasteiger partial charge in [-0.1, -0.05) is 0 Å². The van der Waals surface area contributed by atoms with E-state index in [-0.39, 0.29) is 17.7 Å². The van der Waals surface area contributed by atoms with Crippen molar-refractivity contribution in [3.8, 4) is 0 Å². The third kappa shape index (κ3) is 4.55. The summed E-state index contributed by atoms with van der Waals surface area (Å²) in [5, 5.41) is 1.28. The standard InChI is InChI=1S/C22H25F2N5O3/c1-27(2)22(31)18-12-20(26-13-25-18)28-6-3-14(4-7-28)21(30)29-19(5-8-32-29)15-9-16(23)11-17(24)10-15/h9-14,19H,3-8H2,1-2H3/t19-/m1/s1. The number of rotatable bonds is 4. The molecule has 2 amide bonds. The number of nitrogens with zero attached hydrogens (tertiary/aromatic N) is 5. The molecule has 8 nitrogen and oxygen atoms in total. The van der Waals surface area contributed by atoms with Crippen LogP contribution in [0.25, 0.3) is 0 Å². The molecule has 2 aliphatic heterocycles. The third-order valence-electron chi connectivity index (χ3n) is 5.84. The molecule has 0 unspecified atom stereocenters. The Morgan fingerprint density at radius 1 is 1.03 bits per heavy atom. The first kappa shape index (κ1) is 22.1. The van der Waals surface area contributed by atoms with Gasteiger partial charge in [-0.15, -0.1) is 0 Å². The van der Waals surface area contributed by atoms with E-state index in [2.05, 4.69) is 9.97 Å². The number of amides is 2. The van der Waals surface area contributed by atoms with Gasteiger partial charge in [-0.25, -0.2) is 23.8 Å². The highest BCUT2D eigenvalue weighted by Gasteiger charge is 2.37. The van der Waals surface area contributed by atoms with Crippen molar-refractivity contribution in [1.82, 2.24) is 19.9 Å². The van der Waals surface area contributed by atoms with E-state index in [1.807, 2.05) is 4.90 Å². The predicted octanol–water partition coefficient (Wildman–Crippen LogP) is 2.58. The summed E-state index contributed by atoms with van der Waals surface area (Å²) in [7, 11) is 3.32. The number of carbonyl (C=O) groups is 2. The minimum absolute atomic E-state index is 0.178. The highest BCUT2D eigenvalue weighted by Crippen LogP contribution is 2.34. The second-order valence-corrected chi connectivity index (χ2v) is 8.23. The van der Waals surface area contributed by atoms with Crippen molar-refractivity contribution in [3.05, 3.63) is 53.5 Å². The van der Waals surface area contributed by atoms with Gasteiger partial charge in [-0.3, -0.25) is 14.4 Å². The van der Waals surface area contributed by atoms with Crippen LogP contribution in [-0.4, -0.2) is 65.5 Å². The van der Waals surface area contributed by atoms with E-state index in [0.717, 1.165) is 6.07 Å². The number of piperidine rings is 1. The SMILES string of the molecule is CN(C)C(=O)c1cc(N2CCC(C(=O)N3OCC[C@@H]3c3cc(F)cc(F)c3)CC2)ncn1. The number of aromatic nitrogens is 2. The monoisotopic (exact) mass is 445 g/mol. The Hall–Kier alpha value is -3.14. The lowest BCUT2D eigenvalue weighted by atomic mass is 9.94. The lowest BCUT2D eigenvalue weighted by Crippen LogP contribution is -2.42. The summed E-state index contributed by atoms with van der Waals surface area (Å²) in [6.45, 7) is 1.48. The molecule has 1 aromatic carbocycles. The first-order chi connectivity index (χ1) is 15.3. The Kier molecular flexibility index (Phi) is 6.31. The number of hydrogen-bond donors (Lipinski definition) is 0. The van der Waals surface area contributed by atoms with Gasteiger partial charge in [0.15, 0.2) is 0 Å². The van der Waals surface area contributed by atoms with E-state index in [9.17, 15) is 18.4 Å². The van der Waals surface area contributed by atoms with E-state index in [1.165, 1.54) is 28.4 Å². The largest absolute Gasteiger partial charge is 0.356 e. The van der Waals surface area contributed by atoms with Crippen molar-refractivity contribution in [1.29, 1.82) is 0 Å². The summed E-state index contributed by atoms with van der Waals surface area (Å²) >= 11 is 0. The molecule has 2 fully saturated rings. The fourth-order valence-electron chi connectivity index (χ4n) is 4.16. The van der Waals surface area contributed by atoms with E-state index < -0.39 is 17.7 Å². The Balaban J connectivity index is 1.41. The van der Waals surface area contributed by atoms with Gasteiger partial charge in [-0.05, 0) is 30.5 Å². The maximum Gasteiger partial charge on any atom is 0.272 e. The van der Waals surface area contributed by atoms with Gasteiger partial charge in [0.25, 0.3) is 5.91 Å². The van der Waals surface area contributed by atoms with Crippen LogP contribution in [0.15, 0.2) is 30.6 Å². The number of benzene rings is 1. The molecule has 0 bridgehead atoms. The number of halogens is 2. The van der Waals surface area contributed by atoms with Gasteiger partial charge >= 0.3 is 0 Å². The fourth-order valence-corrected chi connectivity index (χ4v) is 4.16. The molecule has 0 spiro atoms. The lowest BCUT2D eigenvalue weighted by molar-refractivity contribution is -0.182. The Morgan fingerprint density at radius 3 is 2.38 bits per heavy atom. The van der Waals surface area contributed by atoms with Crippen LogP contribution in [0, 0.1) is 17.6 Å². The van der Waals surface area contributed by atoms with Crippen molar-refractivity contribution in [2.75, 3.05) is 38.7 Å². The third-order valence-corrected chi connectivity index (χ3v) is 5.84. The van der Waals surface area contributed by atoms with Crippen LogP contribution >= 0.6 is 0 Å². The molecular formula is C22H25F2N5O3. The summed E-state index contributed by atoms with van der Waals surface area (Å²) in [5.74, 6) is -1.36. The number of hydroxylamine groups is 2. The molecule has 10 heteroatoms. The summed E-state index contributed by atoms with van der Waals surface area (Å²) in [5.41, 5.74) is 0.707. The minimum atomic E-state index is -0.676.